The standard InChI is InChI=1S/C21H16F3N3O2/c1-13-4-8-15(9-5-13)27-19(18-17(20(27)28)3-2-12-25-18)26-14-6-10-16(11-7-14)29-21(22,23)24/h2-12,19,26H,1H3. The number of aryl methyl sites for hydroxylation is 1. The van der Waals surface area contributed by atoms with Gasteiger partial charge in [0.25, 0.3) is 5.91 Å². The molecule has 0 bridgehead atoms. The molecule has 148 valence electrons. The van der Waals surface area contributed by atoms with Crippen LogP contribution >= 0.6 is 0 Å². The van der Waals surface area contributed by atoms with E-state index in [0.29, 0.717) is 22.6 Å². The number of fused-ring (bicyclic) bond motifs is 1. The number of pyridine rings is 1. The van der Waals surface area contributed by atoms with Crippen LogP contribution in [0.25, 0.3) is 0 Å². The van der Waals surface area contributed by atoms with E-state index in [1.54, 1.807) is 23.2 Å². The molecule has 0 saturated carbocycles. The number of carbonyl (C=O) groups excluding carboxylic acids is 1. The molecule has 1 aliphatic heterocycles. The summed E-state index contributed by atoms with van der Waals surface area (Å²) >= 11 is 0. The Balaban J connectivity index is 1.65. The molecule has 0 radical (unpaired) electrons. The van der Waals surface area contributed by atoms with Crippen LogP contribution in [0.3, 0.4) is 0 Å². The van der Waals surface area contributed by atoms with Crippen LogP contribution in [0.1, 0.15) is 27.8 Å². The SMILES string of the molecule is Cc1ccc(N2C(=O)c3cccnc3C2Nc2ccc(OC(F)(F)F)cc2)cc1. The van der Waals surface area contributed by atoms with E-state index in [0.717, 1.165) is 5.56 Å². The highest BCUT2D eigenvalue weighted by Gasteiger charge is 2.39. The largest absolute Gasteiger partial charge is 0.573 e. The molecule has 0 spiro atoms. The Hall–Kier alpha value is -3.55. The Morgan fingerprint density at radius 3 is 2.38 bits per heavy atom. The minimum atomic E-state index is -4.75. The Bertz CT molecular complexity index is 1030. The van der Waals surface area contributed by atoms with Crippen LogP contribution < -0.4 is 15.0 Å². The van der Waals surface area contributed by atoms with E-state index in [1.807, 2.05) is 31.2 Å². The third-order valence-corrected chi connectivity index (χ3v) is 4.51. The van der Waals surface area contributed by atoms with Gasteiger partial charge in [-0.25, -0.2) is 0 Å². The Kier molecular flexibility index (Phi) is 4.62. The number of aromatic nitrogens is 1. The van der Waals surface area contributed by atoms with Crippen LogP contribution in [-0.2, 0) is 0 Å². The summed E-state index contributed by atoms with van der Waals surface area (Å²) in [6.07, 6.45) is -3.76. The quantitative estimate of drug-likeness (QED) is 0.666. The van der Waals surface area contributed by atoms with Crippen LogP contribution in [-0.4, -0.2) is 17.3 Å². The lowest BCUT2D eigenvalue weighted by atomic mass is 10.2. The summed E-state index contributed by atoms with van der Waals surface area (Å²) in [5.41, 5.74) is 3.29. The van der Waals surface area contributed by atoms with E-state index >= 15 is 0 Å². The molecular weight excluding hydrogens is 383 g/mol. The summed E-state index contributed by atoms with van der Waals surface area (Å²) in [6, 6.07) is 16.2. The molecule has 1 N–H and O–H groups in total. The van der Waals surface area contributed by atoms with Crippen LogP contribution in [0.5, 0.6) is 5.75 Å². The van der Waals surface area contributed by atoms with Gasteiger partial charge in [0.1, 0.15) is 5.75 Å². The van der Waals surface area contributed by atoms with Crippen molar-refractivity contribution < 1.29 is 22.7 Å². The smallest absolute Gasteiger partial charge is 0.406 e. The minimum absolute atomic E-state index is 0.202. The summed E-state index contributed by atoms with van der Waals surface area (Å²) in [5, 5.41) is 3.19. The van der Waals surface area contributed by atoms with E-state index in [4.69, 9.17) is 0 Å². The van der Waals surface area contributed by atoms with Crippen molar-refractivity contribution in [3.05, 3.63) is 83.7 Å². The number of nitrogens with one attached hydrogen (secondary N) is 1. The number of hydrogen-bond acceptors (Lipinski definition) is 4. The van der Waals surface area contributed by atoms with Crippen LogP contribution in [0.2, 0.25) is 0 Å². The van der Waals surface area contributed by atoms with Crippen molar-refractivity contribution in [2.75, 3.05) is 10.2 Å². The van der Waals surface area contributed by atoms with Gasteiger partial charge in [-0.15, -0.1) is 13.2 Å². The number of nitrogens with zero attached hydrogens (tertiary/aromatic N) is 2. The highest BCUT2D eigenvalue weighted by molar-refractivity contribution is 6.11. The van der Waals surface area contributed by atoms with Crippen molar-refractivity contribution in [3.8, 4) is 5.75 Å². The molecule has 0 saturated heterocycles. The maximum Gasteiger partial charge on any atom is 0.573 e. The zero-order valence-corrected chi connectivity index (χ0v) is 15.3. The molecule has 1 atom stereocenters. The van der Waals surface area contributed by atoms with Gasteiger partial charge in [-0.3, -0.25) is 14.7 Å². The number of anilines is 2. The van der Waals surface area contributed by atoms with Crippen LogP contribution in [0.15, 0.2) is 66.9 Å². The molecule has 3 aromatic rings. The predicted molar refractivity (Wildman–Crippen MR) is 102 cm³/mol. The maximum atomic E-state index is 13.0. The second kappa shape index (κ2) is 7.12. The van der Waals surface area contributed by atoms with Gasteiger partial charge in [0.05, 0.1) is 11.3 Å². The molecule has 4 rings (SSSR count). The fourth-order valence-electron chi connectivity index (χ4n) is 3.20. The summed E-state index contributed by atoms with van der Waals surface area (Å²) in [6.45, 7) is 1.95. The predicted octanol–water partition coefficient (Wildman–Crippen LogP) is 5.06. The van der Waals surface area contributed by atoms with Crippen molar-refractivity contribution in [1.82, 2.24) is 4.98 Å². The van der Waals surface area contributed by atoms with Gasteiger partial charge < -0.3 is 10.1 Å². The number of carbonyl (C=O) groups is 1. The van der Waals surface area contributed by atoms with Gasteiger partial charge >= 0.3 is 6.36 Å². The number of amides is 1. The number of halogens is 3. The summed E-state index contributed by atoms with van der Waals surface area (Å²) in [7, 11) is 0. The van der Waals surface area contributed by atoms with E-state index < -0.39 is 12.5 Å². The first-order valence-corrected chi connectivity index (χ1v) is 8.79. The highest BCUT2D eigenvalue weighted by atomic mass is 19.4. The maximum absolute atomic E-state index is 13.0. The summed E-state index contributed by atoms with van der Waals surface area (Å²) in [5.74, 6) is -0.522. The highest BCUT2D eigenvalue weighted by Crippen LogP contribution is 2.37. The van der Waals surface area contributed by atoms with E-state index in [9.17, 15) is 18.0 Å². The molecule has 1 aliphatic rings. The topological polar surface area (TPSA) is 54.5 Å². The third kappa shape index (κ3) is 3.87. The van der Waals surface area contributed by atoms with Gasteiger partial charge in [-0.1, -0.05) is 17.7 Å². The zero-order valence-electron chi connectivity index (χ0n) is 15.3. The summed E-state index contributed by atoms with van der Waals surface area (Å²) in [4.78, 5) is 18.9. The molecule has 0 fully saturated rings. The number of ether oxygens (including phenoxy) is 1. The number of rotatable bonds is 4. The zero-order chi connectivity index (χ0) is 20.6. The lowest BCUT2D eigenvalue weighted by molar-refractivity contribution is -0.274. The van der Waals surface area contributed by atoms with E-state index in [1.165, 1.54) is 24.3 Å². The van der Waals surface area contributed by atoms with Crippen molar-refractivity contribution in [3.63, 3.8) is 0 Å². The van der Waals surface area contributed by atoms with E-state index in [2.05, 4.69) is 15.0 Å². The van der Waals surface area contributed by atoms with Crippen molar-refractivity contribution in [2.24, 2.45) is 0 Å². The van der Waals surface area contributed by atoms with Crippen LogP contribution in [0.4, 0.5) is 24.5 Å². The Labute approximate surface area is 164 Å². The van der Waals surface area contributed by atoms with Crippen molar-refractivity contribution >= 4 is 17.3 Å². The minimum Gasteiger partial charge on any atom is -0.406 e. The number of benzene rings is 2. The molecule has 2 aromatic carbocycles. The monoisotopic (exact) mass is 399 g/mol. The van der Waals surface area contributed by atoms with Gasteiger partial charge in [0, 0.05) is 17.6 Å². The molecule has 1 unspecified atom stereocenters. The molecule has 1 aromatic heterocycles. The van der Waals surface area contributed by atoms with Gasteiger partial charge in [-0.2, -0.15) is 0 Å². The molecular formula is C21H16F3N3O2. The average Bonchev–Trinajstić information content (AvgIpc) is 2.95. The summed E-state index contributed by atoms with van der Waals surface area (Å²) < 4.78 is 41.0. The van der Waals surface area contributed by atoms with Crippen molar-refractivity contribution in [2.45, 2.75) is 19.5 Å². The first-order valence-electron chi connectivity index (χ1n) is 8.79. The van der Waals surface area contributed by atoms with Gasteiger partial charge in [0.2, 0.25) is 0 Å². The molecule has 0 aliphatic carbocycles. The molecule has 1 amide bonds. The molecule has 8 heteroatoms. The fourth-order valence-corrected chi connectivity index (χ4v) is 3.20. The number of alkyl halides is 3. The third-order valence-electron chi connectivity index (χ3n) is 4.51. The molecule has 29 heavy (non-hydrogen) atoms. The second-order valence-electron chi connectivity index (χ2n) is 6.57. The first-order chi connectivity index (χ1) is 13.8. The average molecular weight is 399 g/mol. The lowest BCUT2D eigenvalue weighted by Gasteiger charge is -2.26. The molecule has 5 nitrogen and oxygen atoms in total. The lowest BCUT2D eigenvalue weighted by Crippen LogP contribution is -2.32. The van der Waals surface area contributed by atoms with Gasteiger partial charge in [0.15, 0.2) is 6.17 Å². The Morgan fingerprint density at radius 2 is 1.72 bits per heavy atom. The number of hydrogen-bond donors (Lipinski definition) is 1. The normalized spacial score (nSPS) is 15.9. The second-order valence-corrected chi connectivity index (χ2v) is 6.57. The fraction of sp³-hybridized carbons (Fsp3) is 0.143. The Morgan fingerprint density at radius 1 is 1.03 bits per heavy atom. The molecule has 2 heterocycles. The van der Waals surface area contributed by atoms with Crippen molar-refractivity contribution in [1.29, 1.82) is 0 Å². The van der Waals surface area contributed by atoms with Crippen LogP contribution in [0, 0.1) is 6.92 Å². The van der Waals surface area contributed by atoms with Gasteiger partial charge in [-0.05, 0) is 55.5 Å². The first kappa shape index (κ1) is 18.8. The van der Waals surface area contributed by atoms with E-state index in [-0.39, 0.29) is 11.7 Å².